The van der Waals surface area contributed by atoms with Crippen LogP contribution in [0.5, 0.6) is 0 Å². The lowest BCUT2D eigenvalue weighted by Crippen LogP contribution is -2.37. The zero-order valence-corrected chi connectivity index (χ0v) is 15.6. The average Bonchev–Trinajstić information content (AvgIpc) is 3.15. The van der Waals surface area contributed by atoms with E-state index in [4.69, 9.17) is 4.52 Å². The largest absolute Gasteiger partial charge is 0.337 e. The maximum atomic E-state index is 12.8. The number of amides is 1. The molecule has 1 amide bonds. The standard InChI is InChI=1S/C20H20N4O4/c1-14(2)23(19(25)12-15-8-10-17(11-9-15)24(26)27)13-18-21-20(22-28-18)16-6-4-3-5-7-16/h3-11,14H,12-13H2,1-2H3. The number of carbonyl (C=O) groups is 1. The van der Waals surface area contributed by atoms with E-state index in [2.05, 4.69) is 10.1 Å². The summed E-state index contributed by atoms with van der Waals surface area (Å²) in [5, 5.41) is 14.7. The molecular weight excluding hydrogens is 360 g/mol. The first-order chi connectivity index (χ1) is 13.4. The van der Waals surface area contributed by atoms with Crippen LogP contribution in [0.1, 0.15) is 25.3 Å². The van der Waals surface area contributed by atoms with E-state index in [0.717, 1.165) is 5.56 Å². The van der Waals surface area contributed by atoms with Crippen LogP contribution in [0.4, 0.5) is 5.69 Å². The van der Waals surface area contributed by atoms with Gasteiger partial charge in [0.05, 0.1) is 11.3 Å². The van der Waals surface area contributed by atoms with Gasteiger partial charge in [-0.3, -0.25) is 14.9 Å². The molecule has 0 bridgehead atoms. The van der Waals surface area contributed by atoms with Gasteiger partial charge in [-0.15, -0.1) is 0 Å². The van der Waals surface area contributed by atoms with Crippen LogP contribution < -0.4 is 0 Å². The molecule has 2 aromatic carbocycles. The Bertz CT molecular complexity index is 952. The molecule has 8 heteroatoms. The fraction of sp³-hybridized carbons (Fsp3) is 0.250. The van der Waals surface area contributed by atoms with Crippen LogP contribution in [-0.2, 0) is 17.8 Å². The Kier molecular flexibility index (Phi) is 5.78. The van der Waals surface area contributed by atoms with Gasteiger partial charge < -0.3 is 9.42 Å². The van der Waals surface area contributed by atoms with E-state index in [-0.39, 0.29) is 30.6 Å². The number of rotatable bonds is 7. The first kappa shape index (κ1) is 19.2. The molecule has 0 aliphatic carbocycles. The lowest BCUT2D eigenvalue weighted by molar-refractivity contribution is -0.384. The first-order valence-corrected chi connectivity index (χ1v) is 8.85. The molecule has 1 heterocycles. The van der Waals surface area contributed by atoms with Crippen molar-refractivity contribution in [3.63, 3.8) is 0 Å². The second-order valence-electron chi connectivity index (χ2n) is 6.59. The number of hydrogen-bond donors (Lipinski definition) is 0. The lowest BCUT2D eigenvalue weighted by atomic mass is 10.1. The Morgan fingerprint density at radius 3 is 2.43 bits per heavy atom. The van der Waals surface area contributed by atoms with E-state index in [1.54, 1.807) is 17.0 Å². The molecule has 8 nitrogen and oxygen atoms in total. The molecule has 0 N–H and O–H groups in total. The number of nitrogens with zero attached hydrogens (tertiary/aromatic N) is 4. The van der Waals surface area contributed by atoms with E-state index in [9.17, 15) is 14.9 Å². The zero-order valence-electron chi connectivity index (χ0n) is 15.6. The van der Waals surface area contributed by atoms with Gasteiger partial charge in [-0.25, -0.2) is 0 Å². The van der Waals surface area contributed by atoms with Crippen LogP contribution in [0.15, 0.2) is 59.1 Å². The monoisotopic (exact) mass is 380 g/mol. The van der Waals surface area contributed by atoms with Crippen molar-refractivity contribution in [2.45, 2.75) is 32.9 Å². The summed E-state index contributed by atoms with van der Waals surface area (Å²) >= 11 is 0. The fourth-order valence-electron chi connectivity index (χ4n) is 2.74. The molecule has 0 atom stereocenters. The van der Waals surface area contributed by atoms with Crippen molar-refractivity contribution in [2.24, 2.45) is 0 Å². The third-order valence-corrected chi connectivity index (χ3v) is 4.25. The van der Waals surface area contributed by atoms with E-state index in [1.807, 2.05) is 44.2 Å². The summed E-state index contributed by atoms with van der Waals surface area (Å²) in [5.41, 5.74) is 1.54. The van der Waals surface area contributed by atoms with Crippen LogP contribution >= 0.6 is 0 Å². The maximum absolute atomic E-state index is 12.8. The second-order valence-corrected chi connectivity index (χ2v) is 6.59. The highest BCUT2D eigenvalue weighted by atomic mass is 16.6. The molecule has 0 fully saturated rings. The number of hydrogen-bond acceptors (Lipinski definition) is 6. The Hall–Kier alpha value is -3.55. The summed E-state index contributed by atoms with van der Waals surface area (Å²) < 4.78 is 5.31. The van der Waals surface area contributed by atoms with Gasteiger partial charge in [0.15, 0.2) is 0 Å². The van der Waals surface area contributed by atoms with E-state index < -0.39 is 4.92 Å². The van der Waals surface area contributed by atoms with Crippen molar-refractivity contribution in [3.8, 4) is 11.4 Å². The molecule has 144 valence electrons. The molecule has 28 heavy (non-hydrogen) atoms. The van der Waals surface area contributed by atoms with E-state index >= 15 is 0 Å². The smallest absolute Gasteiger partial charge is 0.269 e. The highest BCUT2D eigenvalue weighted by Crippen LogP contribution is 2.18. The highest BCUT2D eigenvalue weighted by Gasteiger charge is 2.21. The minimum atomic E-state index is -0.466. The molecule has 0 aliphatic heterocycles. The number of aromatic nitrogens is 2. The van der Waals surface area contributed by atoms with Gasteiger partial charge in [-0.05, 0) is 19.4 Å². The van der Waals surface area contributed by atoms with Gasteiger partial charge >= 0.3 is 0 Å². The predicted octanol–water partition coefficient (Wildman–Crippen LogP) is 3.62. The Balaban J connectivity index is 1.70. The number of nitro benzene ring substituents is 1. The predicted molar refractivity (Wildman–Crippen MR) is 102 cm³/mol. The van der Waals surface area contributed by atoms with Crippen LogP contribution in [0.25, 0.3) is 11.4 Å². The zero-order chi connectivity index (χ0) is 20.1. The van der Waals surface area contributed by atoms with Gasteiger partial charge in [0.2, 0.25) is 17.6 Å². The van der Waals surface area contributed by atoms with Crippen molar-refractivity contribution in [3.05, 3.63) is 76.2 Å². The summed E-state index contributed by atoms with van der Waals surface area (Å²) in [6, 6.07) is 15.4. The molecule has 0 aliphatic rings. The molecule has 0 spiro atoms. The number of nitro groups is 1. The summed E-state index contributed by atoms with van der Waals surface area (Å²) in [6.07, 6.45) is 0.135. The quantitative estimate of drug-likeness (QED) is 0.458. The molecule has 0 radical (unpaired) electrons. The topological polar surface area (TPSA) is 102 Å². The summed E-state index contributed by atoms with van der Waals surface area (Å²) in [4.78, 5) is 29.1. The molecule has 0 saturated carbocycles. The van der Waals surface area contributed by atoms with Crippen LogP contribution in [0, 0.1) is 10.1 Å². The molecule has 0 unspecified atom stereocenters. The van der Waals surface area contributed by atoms with Crippen molar-refractivity contribution in [1.29, 1.82) is 0 Å². The Morgan fingerprint density at radius 2 is 1.82 bits per heavy atom. The highest BCUT2D eigenvalue weighted by molar-refractivity contribution is 5.79. The molecule has 1 aromatic heterocycles. The molecular formula is C20H20N4O4. The number of non-ortho nitro benzene ring substituents is 1. The van der Waals surface area contributed by atoms with E-state index in [0.29, 0.717) is 17.3 Å². The summed E-state index contributed by atoms with van der Waals surface area (Å²) in [5.74, 6) is 0.704. The first-order valence-electron chi connectivity index (χ1n) is 8.85. The number of benzene rings is 2. The Labute approximate surface area is 161 Å². The fourth-order valence-corrected chi connectivity index (χ4v) is 2.74. The average molecular weight is 380 g/mol. The van der Waals surface area contributed by atoms with E-state index in [1.165, 1.54) is 12.1 Å². The summed E-state index contributed by atoms with van der Waals surface area (Å²) in [7, 11) is 0. The van der Waals surface area contributed by atoms with Gasteiger partial charge in [-0.2, -0.15) is 4.98 Å². The van der Waals surface area contributed by atoms with Gasteiger partial charge in [0, 0.05) is 23.7 Å². The Morgan fingerprint density at radius 1 is 1.14 bits per heavy atom. The summed E-state index contributed by atoms with van der Waals surface area (Å²) in [6.45, 7) is 4.01. The van der Waals surface area contributed by atoms with Crippen molar-refractivity contribution in [1.82, 2.24) is 15.0 Å². The number of carbonyl (C=O) groups excluding carboxylic acids is 1. The van der Waals surface area contributed by atoms with Crippen LogP contribution in [-0.4, -0.2) is 31.9 Å². The normalized spacial score (nSPS) is 10.8. The second kappa shape index (κ2) is 8.43. The minimum absolute atomic E-state index is 0.00350. The molecule has 3 aromatic rings. The molecule has 3 rings (SSSR count). The van der Waals surface area contributed by atoms with Crippen molar-refractivity contribution >= 4 is 11.6 Å². The lowest BCUT2D eigenvalue weighted by Gasteiger charge is -2.25. The third kappa shape index (κ3) is 4.59. The van der Waals surface area contributed by atoms with Gasteiger partial charge in [0.1, 0.15) is 6.54 Å². The van der Waals surface area contributed by atoms with Crippen molar-refractivity contribution in [2.75, 3.05) is 0 Å². The van der Waals surface area contributed by atoms with Gasteiger partial charge in [-0.1, -0.05) is 47.6 Å². The molecule has 0 saturated heterocycles. The van der Waals surface area contributed by atoms with Gasteiger partial charge in [0.25, 0.3) is 5.69 Å². The SMILES string of the molecule is CC(C)N(Cc1nc(-c2ccccc2)no1)C(=O)Cc1ccc([N+](=O)[O-])cc1. The minimum Gasteiger partial charge on any atom is -0.337 e. The van der Waals surface area contributed by atoms with Crippen LogP contribution in [0.3, 0.4) is 0 Å². The van der Waals surface area contributed by atoms with Crippen molar-refractivity contribution < 1.29 is 14.2 Å². The maximum Gasteiger partial charge on any atom is 0.269 e. The third-order valence-electron chi connectivity index (χ3n) is 4.25. The van der Waals surface area contributed by atoms with Crippen LogP contribution in [0.2, 0.25) is 0 Å².